The van der Waals surface area contributed by atoms with Crippen molar-refractivity contribution in [2.24, 2.45) is 0 Å². The molecule has 0 rings (SSSR count). The summed E-state index contributed by atoms with van der Waals surface area (Å²) < 4.78 is 22.4. The quantitative estimate of drug-likeness (QED) is 0.218. The van der Waals surface area contributed by atoms with Crippen LogP contribution in [0.1, 0.15) is 78.6 Å². The number of hydrogen-bond acceptors (Lipinski definition) is 4. The van der Waals surface area contributed by atoms with Crippen LogP contribution < -0.4 is 0 Å². The fraction of sp³-hybridized carbons (Fsp3) is 0.889. The zero-order chi connectivity index (χ0) is 16.5. The SMILES string of the molecule is CCCCCOC(CCCC)=C(OCCCCC)OCOC. The molecule has 0 fully saturated rings. The van der Waals surface area contributed by atoms with Gasteiger partial charge in [-0.2, -0.15) is 0 Å². The minimum atomic E-state index is 0.192. The van der Waals surface area contributed by atoms with Gasteiger partial charge in [0, 0.05) is 13.5 Å². The second-order valence-electron chi connectivity index (χ2n) is 5.48. The van der Waals surface area contributed by atoms with Crippen LogP contribution in [0.25, 0.3) is 0 Å². The number of unbranched alkanes of at least 4 members (excludes halogenated alkanes) is 5. The van der Waals surface area contributed by atoms with Gasteiger partial charge in [-0.25, -0.2) is 0 Å². The van der Waals surface area contributed by atoms with Crippen LogP contribution in [0.2, 0.25) is 0 Å². The maximum Gasteiger partial charge on any atom is 0.321 e. The van der Waals surface area contributed by atoms with Crippen LogP contribution in [-0.4, -0.2) is 27.1 Å². The fourth-order valence-electron chi connectivity index (χ4n) is 1.95. The molecule has 22 heavy (non-hydrogen) atoms. The summed E-state index contributed by atoms with van der Waals surface area (Å²) in [7, 11) is 1.61. The normalized spacial score (nSPS) is 12.0. The first-order valence-electron chi connectivity index (χ1n) is 8.90. The van der Waals surface area contributed by atoms with E-state index < -0.39 is 0 Å². The van der Waals surface area contributed by atoms with Crippen LogP contribution in [0.3, 0.4) is 0 Å². The molecule has 0 unspecified atom stereocenters. The molecule has 4 heteroatoms. The van der Waals surface area contributed by atoms with Gasteiger partial charge < -0.3 is 18.9 Å². The van der Waals surface area contributed by atoms with Crippen molar-refractivity contribution >= 4 is 0 Å². The minimum absolute atomic E-state index is 0.192. The number of ether oxygens (including phenoxy) is 4. The monoisotopic (exact) mass is 316 g/mol. The molecule has 0 atom stereocenters. The maximum absolute atomic E-state index is 5.94. The molecule has 0 aliphatic heterocycles. The largest absolute Gasteiger partial charge is 0.491 e. The topological polar surface area (TPSA) is 36.9 Å². The van der Waals surface area contributed by atoms with Crippen LogP contribution in [0.4, 0.5) is 0 Å². The Morgan fingerprint density at radius 2 is 1.27 bits per heavy atom. The molecule has 0 saturated carbocycles. The van der Waals surface area contributed by atoms with E-state index in [-0.39, 0.29) is 6.79 Å². The van der Waals surface area contributed by atoms with E-state index in [2.05, 4.69) is 20.8 Å². The second-order valence-corrected chi connectivity index (χ2v) is 5.48. The highest BCUT2D eigenvalue weighted by Gasteiger charge is 2.12. The molecule has 0 radical (unpaired) electrons. The molecule has 0 saturated heterocycles. The van der Waals surface area contributed by atoms with Crippen molar-refractivity contribution in [1.29, 1.82) is 0 Å². The lowest BCUT2D eigenvalue weighted by Crippen LogP contribution is -2.09. The van der Waals surface area contributed by atoms with E-state index in [1.807, 2.05) is 0 Å². The third kappa shape index (κ3) is 11.7. The van der Waals surface area contributed by atoms with Crippen molar-refractivity contribution in [1.82, 2.24) is 0 Å². The van der Waals surface area contributed by atoms with Crippen LogP contribution in [-0.2, 0) is 18.9 Å². The van der Waals surface area contributed by atoms with E-state index >= 15 is 0 Å². The number of hydrogen-bond donors (Lipinski definition) is 0. The molecular weight excluding hydrogens is 280 g/mol. The van der Waals surface area contributed by atoms with Gasteiger partial charge >= 0.3 is 5.95 Å². The number of methoxy groups -OCH3 is 1. The summed E-state index contributed by atoms with van der Waals surface area (Å²) in [5.41, 5.74) is 0. The zero-order valence-electron chi connectivity index (χ0n) is 15.1. The van der Waals surface area contributed by atoms with Crippen molar-refractivity contribution in [2.75, 3.05) is 27.1 Å². The van der Waals surface area contributed by atoms with Gasteiger partial charge in [0.15, 0.2) is 12.6 Å². The predicted molar refractivity (Wildman–Crippen MR) is 90.5 cm³/mol. The summed E-state index contributed by atoms with van der Waals surface area (Å²) >= 11 is 0. The highest BCUT2D eigenvalue weighted by atomic mass is 16.7. The van der Waals surface area contributed by atoms with Crippen LogP contribution in [0.5, 0.6) is 0 Å². The van der Waals surface area contributed by atoms with Crippen LogP contribution >= 0.6 is 0 Å². The summed E-state index contributed by atoms with van der Waals surface area (Å²) in [6, 6.07) is 0. The Morgan fingerprint density at radius 1 is 0.682 bits per heavy atom. The van der Waals surface area contributed by atoms with Crippen molar-refractivity contribution in [2.45, 2.75) is 78.6 Å². The first-order chi connectivity index (χ1) is 10.8. The van der Waals surface area contributed by atoms with Crippen molar-refractivity contribution < 1.29 is 18.9 Å². The molecule has 0 aromatic carbocycles. The van der Waals surface area contributed by atoms with Gasteiger partial charge in [-0.1, -0.05) is 52.9 Å². The van der Waals surface area contributed by atoms with Gasteiger partial charge in [-0.15, -0.1) is 0 Å². The number of rotatable bonds is 16. The van der Waals surface area contributed by atoms with Crippen LogP contribution in [0, 0.1) is 0 Å². The van der Waals surface area contributed by atoms with Gasteiger partial charge in [0.2, 0.25) is 0 Å². The first kappa shape index (κ1) is 21.1. The van der Waals surface area contributed by atoms with E-state index in [0.717, 1.165) is 44.5 Å². The Bertz CT molecular complexity index is 238. The molecule has 0 spiro atoms. The Labute approximate surface area is 137 Å². The summed E-state index contributed by atoms with van der Waals surface area (Å²) in [4.78, 5) is 0. The molecule has 0 aliphatic carbocycles. The van der Waals surface area contributed by atoms with E-state index in [0.29, 0.717) is 12.6 Å². The average molecular weight is 316 g/mol. The molecule has 0 amide bonds. The summed E-state index contributed by atoms with van der Waals surface area (Å²) in [6.45, 7) is 8.13. The Hall–Kier alpha value is -0.900. The maximum atomic E-state index is 5.94. The third-order valence-corrected chi connectivity index (χ3v) is 3.30. The summed E-state index contributed by atoms with van der Waals surface area (Å²) in [5, 5.41) is 0. The molecule has 132 valence electrons. The molecule has 0 bridgehead atoms. The molecule has 0 aliphatic rings. The van der Waals surface area contributed by atoms with Gasteiger partial charge in [0.1, 0.15) is 0 Å². The lowest BCUT2D eigenvalue weighted by molar-refractivity contribution is -0.0691. The number of allylic oxidation sites excluding steroid dienone is 1. The predicted octanol–water partition coefficient (Wildman–Crippen LogP) is 5.38. The first-order valence-corrected chi connectivity index (χ1v) is 8.90. The lowest BCUT2D eigenvalue weighted by atomic mass is 10.2. The summed E-state index contributed by atoms with van der Waals surface area (Å²) in [6.07, 6.45) is 9.88. The van der Waals surface area contributed by atoms with E-state index in [1.54, 1.807) is 7.11 Å². The van der Waals surface area contributed by atoms with Crippen molar-refractivity contribution in [3.05, 3.63) is 11.7 Å². The van der Waals surface area contributed by atoms with E-state index in [9.17, 15) is 0 Å². The molecule has 0 aromatic heterocycles. The second kappa shape index (κ2) is 16.5. The summed E-state index contributed by atoms with van der Waals surface area (Å²) in [5.74, 6) is 1.36. The van der Waals surface area contributed by atoms with Crippen molar-refractivity contribution in [3.63, 3.8) is 0 Å². The molecule has 0 heterocycles. The van der Waals surface area contributed by atoms with Gasteiger partial charge in [-0.3, -0.25) is 0 Å². The smallest absolute Gasteiger partial charge is 0.321 e. The highest BCUT2D eigenvalue weighted by Crippen LogP contribution is 2.18. The highest BCUT2D eigenvalue weighted by molar-refractivity contribution is 4.95. The Kier molecular flexibility index (Phi) is 15.8. The Balaban J connectivity index is 4.59. The molecular formula is C18H36O4. The van der Waals surface area contributed by atoms with Crippen LogP contribution in [0.15, 0.2) is 11.7 Å². The average Bonchev–Trinajstić information content (AvgIpc) is 2.54. The van der Waals surface area contributed by atoms with E-state index in [1.165, 1.54) is 25.7 Å². The minimum Gasteiger partial charge on any atom is -0.491 e. The molecule has 0 N–H and O–H groups in total. The molecule has 4 nitrogen and oxygen atoms in total. The standard InChI is InChI=1S/C18H36O4/c1-5-8-11-14-20-17(13-10-7-3)18(22-16-19-4)21-15-12-9-6-2/h5-16H2,1-4H3. The van der Waals surface area contributed by atoms with Crippen molar-refractivity contribution in [3.8, 4) is 0 Å². The van der Waals surface area contributed by atoms with Gasteiger partial charge in [-0.05, 0) is 19.3 Å². The fourth-order valence-corrected chi connectivity index (χ4v) is 1.95. The Morgan fingerprint density at radius 3 is 1.82 bits per heavy atom. The van der Waals surface area contributed by atoms with E-state index in [4.69, 9.17) is 18.9 Å². The molecule has 0 aromatic rings. The van der Waals surface area contributed by atoms with Gasteiger partial charge in [0.25, 0.3) is 0 Å². The zero-order valence-corrected chi connectivity index (χ0v) is 15.1. The lowest BCUT2D eigenvalue weighted by Gasteiger charge is -2.17. The third-order valence-electron chi connectivity index (χ3n) is 3.30. The van der Waals surface area contributed by atoms with Gasteiger partial charge in [0.05, 0.1) is 13.2 Å².